The molecule has 0 aliphatic carbocycles. The molecule has 9 nitrogen and oxygen atoms in total. The van der Waals surface area contributed by atoms with E-state index in [1.165, 1.54) is 12.4 Å². The van der Waals surface area contributed by atoms with E-state index in [0.717, 1.165) is 17.6 Å². The van der Waals surface area contributed by atoms with Crippen molar-refractivity contribution in [3.8, 4) is 0 Å². The summed E-state index contributed by atoms with van der Waals surface area (Å²) in [5.74, 6) is -0.886. The van der Waals surface area contributed by atoms with Gasteiger partial charge in [0.1, 0.15) is 17.0 Å². The van der Waals surface area contributed by atoms with E-state index in [0.29, 0.717) is 29.7 Å². The van der Waals surface area contributed by atoms with Crippen LogP contribution in [0.25, 0.3) is 0 Å². The minimum atomic E-state index is -4.15. The summed E-state index contributed by atoms with van der Waals surface area (Å²) in [6.45, 7) is 2.68. The van der Waals surface area contributed by atoms with E-state index in [9.17, 15) is 12.8 Å². The summed E-state index contributed by atoms with van der Waals surface area (Å²) in [5.41, 5.74) is 12.1. The maximum absolute atomic E-state index is 14.6. The third-order valence-electron chi connectivity index (χ3n) is 4.35. The van der Waals surface area contributed by atoms with Gasteiger partial charge in [0.15, 0.2) is 0 Å². The fraction of sp³-hybridized carbons (Fsp3) is 0.500. The quantitative estimate of drug-likeness (QED) is 0.358. The molecule has 1 heterocycles. The number of methoxy groups -OCH3 is 1. The molecule has 1 aromatic heterocycles. The zero-order chi connectivity index (χ0) is 21.6. The second-order valence-electron chi connectivity index (χ2n) is 6.44. The molecule has 2 aromatic rings. The lowest BCUT2D eigenvalue weighted by Gasteiger charge is -2.26. The SMILES string of the molecule is COC(CN)CC(CNc1cc(F)c(S(=O)(=O)Nc2ncns2)cc1Br)C(C)N. The normalized spacial score (nSPS) is 15.0. The topological polar surface area (TPSA) is 145 Å². The third kappa shape index (κ3) is 6.55. The lowest BCUT2D eigenvalue weighted by Crippen LogP contribution is -2.37. The molecule has 0 bridgehead atoms. The molecule has 0 amide bonds. The standard InChI is InChI=1S/C16H24BrFN6O3S2/c1-9(20)10(3-11(6-19)27-2)7-21-14-5-13(18)15(4-12(14)17)29(25,26)24-16-22-8-23-28-16/h4-5,8-11,21H,3,6-7,19-20H2,1-2H3,(H,22,23,24). The van der Waals surface area contributed by atoms with Crippen LogP contribution in [0.3, 0.4) is 0 Å². The summed E-state index contributed by atoms with van der Waals surface area (Å²) in [5, 5.41) is 3.17. The molecular weight excluding hydrogens is 487 g/mol. The van der Waals surface area contributed by atoms with Crippen molar-refractivity contribution in [2.75, 3.05) is 30.2 Å². The molecule has 3 atom stereocenters. The maximum Gasteiger partial charge on any atom is 0.266 e. The number of sulfonamides is 1. The Bertz CT molecular complexity index is 894. The number of benzene rings is 1. The molecule has 0 aliphatic heterocycles. The van der Waals surface area contributed by atoms with Gasteiger partial charge in [-0.2, -0.15) is 4.37 Å². The Morgan fingerprint density at radius 1 is 1.41 bits per heavy atom. The highest BCUT2D eigenvalue weighted by atomic mass is 79.9. The van der Waals surface area contributed by atoms with Crippen LogP contribution in [-0.4, -0.2) is 50.1 Å². The maximum atomic E-state index is 14.6. The molecule has 3 unspecified atom stereocenters. The van der Waals surface area contributed by atoms with E-state index in [1.54, 1.807) is 7.11 Å². The summed E-state index contributed by atoms with van der Waals surface area (Å²) in [4.78, 5) is 3.24. The zero-order valence-corrected chi connectivity index (χ0v) is 19.2. The van der Waals surface area contributed by atoms with Crippen LogP contribution < -0.4 is 21.5 Å². The number of nitrogens with one attached hydrogen (secondary N) is 2. The smallest absolute Gasteiger partial charge is 0.266 e. The van der Waals surface area contributed by atoms with Gasteiger partial charge in [0.05, 0.1) is 11.8 Å². The lowest BCUT2D eigenvalue weighted by atomic mass is 9.94. The van der Waals surface area contributed by atoms with Crippen molar-refractivity contribution < 1.29 is 17.5 Å². The van der Waals surface area contributed by atoms with Crippen molar-refractivity contribution in [3.63, 3.8) is 0 Å². The number of hydrogen-bond acceptors (Lipinski definition) is 9. The second kappa shape index (κ2) is 10.6. The van der Waals surface area contributed by atoms with Gasteiger partial charge in [-0.05, 0) is 47.3 Å². The first-order valence-electron chi connectivity index (χ1n) is 8.68. The molecule has 0 spiro atoms. The Balaban J connectivity index is 2.16. The highest BCUT2D eigenvalue weighted by Gasteiger charge is 2.24. The lowest BCUT2D eigenvalue weighted by molar-refractivity contribution is 0.0852. The first kappa shape index (κ1) is 23.9. The van der Waals surface area contributed by atoms with Crippen molar-refractivity contribution in [1.29, 1.82) is 0 Å². The van der Waals surface area contributed by atoms with Gasteiger partial charge in [0.25, 0.3) is 10.0 Å². The molecule has 0 fully saturated rings. The predicted octanol–water partition coefficient (Wildman–Crippen LogP) is 1.98. The number of nitrogens with two attached hydrogens (primary N) is 2. The van der Waals surface area contributed by atoms with E-state index in [1.807, 2.05) is 6.92 Å². The van der Waals surface area contributed by atoms with E-state index < -0.39 is 20.7 Å². The molecule has 2 rings (SSSR count). The Morgan fingerprint density at radius 2 is 2.14 bits per heavy atom. The molecule has 0 saturated heterocycles. The number of hydrogen-bond donors (Lipinski definition) is 4. The number of aromatic nitrogens is 2. The molecule has 0 aliphatic rings. The van der Waals surface area contributed by atoms with Crippen LogP contribution in [0.2, 0.25) is 0 Å². The van der Waals surface area contributed by atoms with Crippen molar-refractivity contribution in [3.05, 3.63) is 28.7 Å². The fourth-order valence-electron chi connectivity index (χ4n) is 2.61. The van der Waals surface area contributed by atoms with Crippen molar-refractivity contribution in [1.82, 2.24) is 9.36 Å². The highest BCUT2D eigenvalue weighted by molar-refractivity contribution is 9.10. The molecule has 0 saturated carbocycles. The highest BCUT2D eigenvalue weighted by Crippen LogP contribution is 2.30. The van der Waals surface area contributed by atoms with E-state index in [4.69, 9.17) is 16.2 Å². The van der Waals surface area contributed by atoms with Gasteiger partial charge < -0.3 is 21.5 Å². The number of anilines is 2. The summed E-state index contributed by atoms with van der Waals surface area (Å²) < 4.78 is 51.0. The first-order valence-corrected chi connectivity index (χ1v) is 11.7. The van der Waals surface area contributed by atoms with E-state index in [2.05, 4.69) is 35.3 Å². The van der Waals surface area contributed by atoms with Crippen LogP contribution >= 0.6 is 27.5 Å². The predicted molar refractivity (Wildman–Crippen MR) is 115 cm³/mol. The largest absolute Gasteiger partial charge is 0.384 e. The van der Waals surface area contributed by atoms with Gasteiger partial charge in [0, 0.05) is 42.2 Å². The van der Waals surface area contributed by atoms with Gasteiger partial charge in [-0.3, -0.25) is 4.72 Å². The average Bonchev–Trinajstić information content (AvgIpc) is 3.16. The summed E-state index contributed by atoms with van der Waals surface area (Å²) in [6, 6.07) is 2.17. The number of rotatable bonds is 11. The Kier molecular flexibility index (Phi) is 8.73. The summed E-state index contributed by atoms with van der Waals surface area (Å²) in [6.07, 6.45) is 1.71. The van der Waals surface area contributed by atoms with Crippen LogP contribution in [-0.2, 0) is 14.8 Å². The molecule has 29 heavy (non-hydrogen) atoms. The van der Waals surface area contributed by atoms with Gasteiger partial charge >= 0.3 is 0 Å². The fourth-order valence-corrected chi connectivity index (χ4v) is 4.99. The minimum Gasteiger partial charge on any atom is -0.384 e. The van der Waals surface area contributed by atoms with E-state index >= 15 is 0 Å². The molecule has 162 valence electrons. The molecule has 1 aromatic carbocycles. The average molecular weight is 511 g/mol. The number of nitrogens with zero attached hydrogens (tertiary/aromatic N) is 2. The Labute approximate surface area is 181 Å². The van der Waals surface area contributed by atoms with Crippen LogP contribution in [0, 0.1) is 11.7 Å². The van der Waals surface area contributed by atoms with Crippen molar-refractivity contribution in [2.24, 2.45) is 17.4 Å². The zero-order valence-electron chi connectivity index (χ0n) is 15.9. The monoisotopic (exact) mass is 510 g/mol. The van der Waals surface area contributed by atoms with E-state index in [-0.39, 0.29) is 23.2 Å². The van der Waals surface area contributed by atoms with Crippen LogP contribution in [0.1, 0.15) is 13.3 Å². The molecule has 0 radical (unpaired) electrons. The van der Waals surface area contributed by atoms with Gasteiger partial charge in [-0.1, -0.05) is 0 Å². The third-order valence-corrected chi connectivity index (χ3v) is 7.07. The van der Waals surface area contributed by atoms with Crippen LogP contribution in [0.5, 0.6) is 0 Å². The van der Waals surface area contributed by atoms with Gasteiger partial charge in [-0.15, -0.1) is 0 Å². The number of halogens is 2. The number of ether oxygens (including phenoxy) is 1. The van der Waals surface area contributed by atoms with Crippen molar-refractivity contribution in [2.45, 2.75) is 30.4 Å². The Hall–Kier alpha value is -1.38. The first-order chi connectivity index (χ1) is 13.7. The van der Waals surface area contributed by atoms with Gasteiger partial charge in [0.2, 0.25) is 5.13 Å². The Morgan fingerprint density at radius 3 is 2.69 bits per heavy atom. The van der Waals surface area contributed by atoms with Crippen LogP contribution in [0.15, 0.2) is 27.8 Å². The van der Waals surface area contributed by atoms with Gasteiger partial charge in [-0.25, -0.2) is 17.8 Å². The second-order valence-corrected chi connectivity index (χ2v) is 9.73. The van der Waals surface area contributed by atoms with Crippen molar-refractivity contribution >= 4 is 48.3 Å². The molecule has 6 N–H and O–H groups in total. The molecule has 13 heteroatoms. The summed E-state index contributed by atoms with van der Waals surface area (Å²) in [7, 11) is -2.56. The minimum absolute atomic E-state index is 0.0148. The molecular formula is C16H24BrFN6O3S2. The summed E-state index contributed by atoms with van der Waals surface area (Å²) >= 11 is 4.15. The van der Waals surface area contributed by atoms with Crippen LogP contribution in [0.4, 0.5) is 15.2 Å².